The van der Waals surface area contributed by atoms with Gasteiger partial charge in [-0.2, -0.15) is 11.8 Å². The third kappa shape index (κ3) is 3.36. The Bertz CT molecular complexity index is 215. The molecule has 3 nitrogen and oxygen atoms in total. The highest BCUT2D eigenvalue weighted by Crippen LogP contribution is 2.22. The van der Waals surface area contributed by atoms with Crippen molar-refractivity contribution in [1.29, 1.82) is 0 Å². The Morgan fingerprint density at radius 1 is 1.50 bits per heavy atom. The van der Waals surface area contributed by atoms with E-state index in [1.165, 1.54) is 38.2 Å². The fraction of sp³-hybridized carbons (Fsp3) is 1.00. The summed E-state index contributed by atoms with van der Waals surface area (Å²) >= 11 is 2.14. The van der Waals surface area contributed by atoms with Gasteiger partial charge in [-0.15, -0.1) is 0 Å². The van der Waals surface area contributed by atoms with Crippen LogP contribution in [0, 0.1) is 0 Å². The first kappa shape index (κ1) is 12.7. The monoisotopic (exact) mass is 244 g/mol. The Balaban J connectivity index is 1.73. The van der Waals surface area contributed by atoms with Crippen molar-refractivity contribution in [2.24, 2.45) is 0 Å². The van der Waals surface area contributed by atoms with Gasteiger partial charge in [0.2, 0.25) is 0 Å². The summed E-state index contributed by atoms with van der Waals surface area (Å²) in [6.45, 7) is 7.07. The van der Waals surface area contributed by atoms with Crippen LogP contribution >= 0.6 is 11.8 Å². The minimum absolute atomic E-state index is 0.436. The maximum Gasteiger partial charge on any atom is 0.0711 e. The molecule has 2 fully saturated rings. The minimum atomic E-state index is 0.436. The molecule has 2 heterocycles. The van der Waals surface area contributed by atoms with Crippen LogP contribution in [-0.2, 0) is 4.74 Å². The second-order valence-corrected chi connectivity index (χ2v) is 6.27. The Labute approximate surface area is 103 Å². The fourth-order valence-electron chi connectivity index (χ4n) is 2.61. The zero-order chi connectivity index (χ0) is 11.4. The summed E-state index contributed by atoms with van der Waals surface area (Å²) in [5, 5.41) is 4.42. The van der Waals surface area contributed by atoms with Crippen LogP contribution in [0.5, 0.6) is 0 Å². The number of ether oxygens (including phenoxy) is 1. The summed E-state index contributed by atoms with van der Waals surface area (Å²) in [7, 11) is 1.82. The van der Waals surface area contributed by atoms with Crippen LogP contribution in [0.1, 0.15) is 19.8 Å². The number of methoxy groups -OCH3 is 1. The largest absolute Gasteiger partial charge is 0.380 e. The zero-order valence-electron chi connectivity index (χ0n) is 10.4. The van der Waals surface area contributed by atoms with Gasteiger partial charge in [0.1, 0.15) is 0 Å². The van der Waals surface area contributed by atoms with Crippen molar-refractivity contribution in [3.8, 4) is 0 Å². The highest BCUT2D eigenvalue weighted by molar-refractivity contribution is 8.00. The molecule has 16 heavy (non-hydrogen) atoms. The first-order valence-corrected chi connectivity index (χ1v) is 7.46. The lowest BCUT2D eigenvalue weighted by molar-refractivity contribution is 0.115. The van der Waals surface area contributed by atoms with Crippen molar-refractivity contribution in [3.05, 3.63) is 0 Å². The van der Waals surface area contributed by atoms with Gasteiger partial charge in [0.25, 0.3) is 0 Å². The van der Waals surface area contributed by atoms with Crippen LogP contribution in [0.25, 0.3) is 0 Å². The lowest BCUT2D eigenvalue weighted by Gasteiger charge is -2.33. The van der Waals surface area contributed by atoms with E-state index < -0.39 is 0 Å². The lowest BCUT2D eigenvalue weighted by Crippen LogP contribution is -2.44. The molecule has 0 aromatic heterocycles. The van der Waals surface area contributed by atoms with E-state index in [0.717, 1.165) is 11.8 Å². The van der Waals surface area contributed by atoms with Crippen molar-refractivity contribution < 1.29 is 4.74 Å². The van der Waals surface area contributed by atoms with Gasteiger partial charge in [-0.05, 0) is 12.8 Å². The van der Waals surface area contributed by atoms with Gasteiger partial charge in [-0.25, -0.2) is 0 Å². The molecule has 0 aromatic rings. The average Bonchev–Trinajstić information content (AvgIpc) is 2.77. The highest BCUT2D eigenvalue weighted by Gasteiger charge is 2.27. The van der Waals surface area contributed by atoms with E-state index in [9.17, 15) is 0 Å². The van der Waals surface area contributed by atoms with Crippen molar-refractivity contribution in [2.45, 2.75) is 37.2 Å². The van der Waals surface area contributed by atoms with E-state index in [0.29, 0.717) is 12.1 Å². The van der Waals surface area contributed by atoms with Crippen LogP contribution in [0.4, 0.5) is 0 Å². The smallest absolute Gasteiger partial charge is 0.0711 e. The molecule has 2 saturated heterocycles. The summed E-state index contributed by atoms with van der Waals surface area (Å²) in [5.74, 6) is 1.30. The molecule has 0 aliphatic carbocycles. The molecule has 2 aliphatic heterocycles. The summed E-state index contributed by atoms with van der Waals surface area (Å²) in [6, 6.07) is 0.644. The van der Waals surface area contributed by atoms with Crippen LogP contribution in [-0.4, -0.2) is 61.3 Å². The Kier molecular flexibility index (Phi) is 4.95. The third-order valence-corrected chi connectivity index (χ3v) is 5.04. The van der Waals surface area contributed by atoms with Crippen LogP contribution < -0.4 is 5.32 Å². The van der Waals surface area contributed by atoms with Gasteiger partial charge < -0.3 is 10.1 Å². The molecule has 0 saturated carbocycles. The number of thioether (sulfide) groups is 1. The van der Waals surface area contributed by atoms with E-state index in [1.807, 2.05) is 7.11 Å². The number of hydrogen-bond acceptors (Lipinski definition) is 4. The number of nitrogens with zero attached hydrogens (tertiary/aromatic N) is 1. The molecule has 0 bridgehead atoms. The third-order valence-electron chi connectivity index (χ3n) is 3.67. The number of hydrogen-bond donors (Lipinski definition) is 1. The van der Waals surface area contributed by atoms with E-state index in [2.05, 4.69) is 28.9 Å². The van der Waals surface area contributed by atoms with Gasteiger partial charge in [-0.1, -0.05) is 6.92 Å². The lowest BCUT2D eigenvalue weighted by atomic mass is 10.2. The van der Waals surface area contributed by atoms with E-state index in [-0.39, 0.29) is 0 Å². The summed E-state index contributed by atoms with van der Waals surface area (Å²) in [5.41, 5.74) is 0. The van der Waals surface area contributed by atoms with Crippen molar-refractivity contribution in [1.82, 2.24) is 10.2 Å². The maximum absolute atomic E-state index is 5.39. The van der Waals surface area contributed by atoms with Crippen molar-refractivity contribution in [3.63, 3.8) is 0 Å². The van der Waals surface area contributed by atoms with E-state index in [4.69, 9.17) is 4.74 Å². The zero-order valence-corrected chi connectivity index (χ0v) is 11.3. The van der Waals surface area contributed by atoms with Gasteiger partial charge >= 0.3 is 0 Å². The average molecular weight is 244 g/mol. The molecule has 1 N–H and O–H groups in total. The van der Waals surface area contributed by atoms with Crippen molar-refractivity contribution in [2.75, 3.05) is 39.0 Å². The van der Waals surface area contributed by atoms with Gasteiger partial charge in [0, 0.05) is 50.3 Å². The van der Waals surface area contributed by atoms with E-state index in [1.54, 1.807) is 0 Å². The fourth-order valence-corrected chi connectivity index (χ4v) is 3.85. The second kappa shape index (κ2) is 6.24. The Morgan fingerprint density at radius 3 is 3.06 bits per heavy atom. The predicted octanol–water partition coefficient (Wildman–Crippen LogP) is 1.19. The predicted molar refractivity (Wildman–Crippen MR) is 70.2 cm³/mol. The molecule has 0 radical (unpaired) electrons. The molecule has 94 valence electrons. The molecule has 0 spiro atoms. The molecular formula is C12H24N2OS. The van der Waals surface area contributed by atoms with Gasteiger partial charge in [0.15, 0.2) is 0 Å². The maximum atomic E-state index is 5.39. The highest BCUT2D eigenvalue weighted by atomic mass is 32.2. The van der Waals surface area contributed by atoms with Crippen LogP contribution in [0.3, 0.4) is 0 Å². The van der Waals surface area contributed by atoms with Crippen LogP contribution in [0.2, 0.25) is 0 Å². The molecule has 3 unspecified atom stereocenters. The summed E-state index contributed by atoms with van der Waals surface area (Å²) < 4.78 is 5.39. The molecule has 2 rings (SSSR count). The van der Waals surface area contributed by atoms with Gasteiger partial charge in [0.05, 0.1) is 6.10 Å². The molecular weight excluding hydrogens is 220 g/mol. The minimum Gasteiger partial charge on any atom is -0.380 e. The molecule has 0 amide bonds. The topological polar surface area (TPSA) is 24.5 Å². The normalized spacial score (nSPS) is 36.8. The first-order chi connectivity index (χ1) is 7.81. The van der Waals surface area contributed by atoms with Gasteiger partial charge in [-0.3, -0.25) is 4.90 Å². The standard InChI is InChI=1S/C12H24N2OS/c1-3-12-9-14(4-5-16-12)8-10-6-11(15-2)7-13-10/h10-13H,3-9H2,1-2H3. The summed E-state index contributed by atoms with van der Waals surface area (Å²) in [6.07, 6.45) is 2.92. The molecule has 0 aromatic carbocycles. The van der Waals surface area contributed by atoms with Crippen LogP contribution in [0.15, 0.2) is 0 Å². The number of rotatable bonds is 4. The SMILES string of the molecule is CCC1CN(CC2CC(OC)CN2)CCS1. The Hall–Kier alpha value is 0.230. The molecule has 2 aliphatic rings. The first-order valence-electron chi connectivity index (χ1n) is 6.42. The summed E-state index contributed by atoms with van der Waals surface area (Å²) in [4.78, 5) is 2.63. The van der Waals surface area contributed by atoms with Crippen molar-refractivity contribution >= 4 is 11.8 Å². The molecule has 3 atom stereocenters. The van der Waals surface area contributed by atoms with E-state index >= 15 is 0 Å². The molecule has 4 heteroatoms. The Morgan fingerprint density at radius 2 is 2.38 bits per heavy atom. The quantitative estimate of drug-likeness (QED) is 0.803. The second-order valence-electron chi connectivity index (χ2n) is 4.86. The number of nitrogens with one attached hydrogen (secondary N) is 1.